The third-order valence-corrected chi connectivity index (χ3v) is 4.48. The summed E-state index contributed by atoms with van der Waals surface area (Å²) >= 11 is 1.79. The summed E-state index contributed by atoms with van der Waals surface area (Å²) in [5, 5.41) is 11.0. The quantitative estimate of drug-likeness (QED) is 0.793. The number of thiazole rings is 1. The van der Waals surface area contributed by atoms with E-state index in [-0.39, 0.29) is 6.10 Å². The molecule has 1 atom stereocenters. The number of aliphatic hydroxyl groups excluding tert-OH is 1. The molecule has 1 fully saturated rings. The van der Waals surface area contributed by atoms with Crippen LogP contribution in [0.5, 0.6) is 0 Å². The van der Waals surface area contributed by atoms with Gasteiger partial charge in [-0.15, -0.1) is 11.3 Å². The molecule has 2 heterocycles. The maximum Gasteiger partial charge on any atom is 0.185 e. The largest absolute Gasteiger partial charge is 0.387 e. The van der Waals surface area contributed by atoms with Gasteiger partial charge in [0.05, 0.1) is 11.8 Å². The predicted octanol–water partition coefficient (Wildman–Crippen LogP) is 2.11. The molecule has 1 aromatic heterocycles. The van der Waals surface area contributed by atoms with E-state index in [0.717, 1.165) is 43.2 Å². The summed E-state index contributed by atoms with van der Waals surface area (Å²) in [7, 11) is 0. The molecule has 0 amide bonds. The Morgan fingerprint density at radius 3 is 2.80 bits per heavy atom. The first-order chi connectivity index (χ1) is 7.34. The van der Waals surface area contributed by atoms with Crippen molar-refractivity contribution in [2.75, 3.05) is 18.0 Å². The van der Waals surface area contributed by atoms with Gasteiger partial charge >= 0.3 is 0 Å². The van der Waals surface area contributed by atoms with Crippen LogP contribution in [0.3, 0.4) is 0 Å². The van der Waals surface area contributed by atoms with E-state index in [1.54, 1.807) is 11.3 Å². The standard InChI is InChI=1S/C11H16N2OS/c14-8-4-3-5-9-10(8)12-11(15-9)13-6-1-2-7-13/h8,14H,1-7H2. The number of hydrogen-bond acceptors (Lipinski definition) is 4. The molecule has 1 unspecified atom stereocenters. The molecule has 0 saturated carbocycles. The fourth-order valence-electron chi connectivity index (χ4n) is 2.43. The summed E-state index contributed by atoms with van der Waals surface area (Å²) < 4.78 is 0. The van der Waals surface area contributed by atoms with Gasteiger partial charge in [0.25, 0.3) is 0 Å². The molecule has 0 bridgehead atoms. The van der Waals surface area contributed by atoms with Crippen molar-refractivity contribution >= 4 is 16.5 Å². The zero-order valence-corrected chi connectivity index (χ0v) is 9.59. The van der Waals surface area contributed by atoms with Crippen LogP contribution < -0.4 is 4.90 Å². The van der Waals surface area contributed by atoms with Gasteiger partial charge in [-0.05, 0) is 32.1 Å². The average Bonchev–Trinajstić information content (AvgIpc) is 2.86. The summed E-state index contributed by atoms with van der Waals surface area (Å²) in [5.74, 6) is 0. The van der Waals surface area contributed by atoms with Crippen molar-refractivity contribution in [1.29, 1.82) is 0 Å². The van der Waals surface area contributed by atoms with Crippen molar-refractivity contribution in [2.45, 2.75) is 38.2 Å². The topological polar surface area (TPSA) is 36.4 Å². The molecule has 1 aliphatic carbocycles. The second-order valence-corrected chi connectivity index (χ2v) is 5.47. The maximum absolute atomic E-state index is 9.84. The van der Waals surface area contributed by atoms with Crippen molar-refractivity contribution in [1.82, 2.24) is 4.98 Å². The van der Waals surface area contributed by atoms with E-state index in [9.17, 15) is 5.11 Å². The number of rotatable bonds is 1. The van der Waals surface area contributed by atoms with Gasteiger partial charge in [-0.3, -0.25) is 0 Å². The molecule has 0 spiro atoms. The van der Waals surface area contributed by atoms with Crippen LogP contribution in [0, 0.1) is 0 Å². The van der Waals surface area contributed by atoms with Gasteiger partial charge < -0.3 is 10.0 Å². The first-order valence-electron chi connectivity index (χ1n) is 5.77. The molecule has 3 rings (SSSR count). The monoisotopic (exact) mass is 224 g/mol. The first kappa shape index (κ1) is 9.60. The zero-order valence-electron chi connectivity index (χ0n) is 8.78. The van der Waals surface area contributed by atoms with Crippen LogP contribution in [0.25, 0.3) is 0 Å². The van der Waals surface area contributed by atoms with Crippen LogP contribution in [0.15, 0.2) is 0 Å². The smallest absolute Gasteiger partial charge is 0.185 e. The Balaban J connectivity index is 1.90. The molecule has 4 heteroatoms. The highest BCUT2D eigenvalue weighted by molar-refractivity contribution is 7.15. The molecule has 1 aliphatic heterocycles. The molecule has 1 aromatic rings. The number of aromatic nitrogens is 1. The van der Waals surface area contributed by atoms with Crippen molar-refractivity contribution in [3.8, 4) is 0 Å². The normalized spacial score (nSPS) is 25.7. The third-order valence-electron chi connectivity index (χ3n) is 3.29. The van der Waals surface area contributed by atoms with Gasteiger partial charge in [0, 0.05) is 18.0 Å². The zero-order chi connectivity index (χ0) is 10.3. The molecule has 2 aliphatic rings. The second kappa shape index (κ2) is 3.76. The lowest BCUT2D eigenvalue weighted by Crippen LogP contribution is -2.17. The molecule has 1 N–H and O–H groups in total. The number of anilines is 1. The lowest BCUT2D eigenvalue weighted by atomic mass is 10.0. The van der Waals surface area contributed by atoms with Crippen LogP contribution >= 0.6 is 11.3 Å². The van der Waals surface area contributed by atoms with E-state index in [1.807, 2.05) is 0 Å². The lowest BCUT2D eigenvalue weighted by molar-refractivity contribution is 0.153. The second-order valence-electron chi connectivity index (χ2n) is 4.41. The van der Waals surface area contributed by atoms with E-state index in [2.05, 4.69) is 9.88 Å². The van der Waals surface area contributed by atoms with Gasteiger partial charge in [0.15, 0.2) is 5.13 Å². The molecule has 0 radical (unpaired) electrons. The summed E-state index contributed by atoms with van der Waals surface area (Å²) in [4.78, 5) is 8.28. The van der Waals surface area contributed by atoms with Crippen molar-refractivity contribution in [3.05, 3.63) is 10.6 Å². The van der Waals surface area contributed by atoms with E-state index in [4.69, 9.17) is 0 Å². The molecule has 15 heavy (non-hydrogen) atoms. The maximum atomic E-state index is 9.84. The summed E-state index contributed by atoms with van der Waals surface area (Å²) in [5.41, 5.74) is 0.966. The molecule has 82 valence electrons. The lowest BCUT2D eigenvalue weighted by Gasteiger charge is -2.14. The van der Waals surface area contributed by atoms with E-state index >= 15 is 0 Å². The highest BCUT2D eigenvalue weighted by atomic mass is 32.1. The van der Waals surface area contributed by atoms with Crippen LogP contribution in [0.1, 0.15) is 42.4 Å². The van der Waals surface area contributed by atoms with Crippen molar-refractivity contribution in [2.24, 2.45) is 0 Å². The van der Waals surface area contributed by atoms with E-state index in [0.29, 0.717) is 0 Å². The summed E-state index contributed by atoms with van der Waals surface area (Å²) in [6, 6.07) is 0. The SMILES string of the molecule is OC1CCCc2sc(N3CCCC3)nc21. The van der Waals surface area contributed by atoms with Gasteiger partial charge in [-0.25, -0.2) is 4.98 Å². The van der Waals surface area contributed by atoms with Crippen molar-refractivity contribution in [3.63, 3.8) is 0 Å². The van der Waals surface area contributed by atoms with Crippen molar-refractivity contribution < 1.29 is 5.11 Å². The molecule has 1 saturated heterocycles. The van der Waals surface area contributed by atoms with Gasteiger partial charge in [0.1, 0.15) is 0 Å². The Morgan fingerprint density at radius 1 is 1.27 bits per heavy atom. The minimum Gasteiger partial charge on any atom is -0.387 e. The molecular formula is C11H16N2OS. The molecule has 3 nitrogen and oxygen atoms in total. The highest BCUT2D eigenvalue weighted by Crippen LogP contribution is 2.37. The average molecular weight is 224 g/mol. The Hall–Kier alpha value is -0.610. The van der Waals surface area contributed by atoms with Gasteiger partial charge in [-0.2, -0.15) is 0 Å². The summed E-state index contributed by atoms with van der Waals surface area (Å²) in [6.07, 6.45) is 5.37. The Bertz CT molecular complexity index is 357. The Labute approximate surface area is 93.8 Å². The Kier molecular flexibility index (Phi) is 2.41. The molecular weight excluding hydrogens is 208 g/mol. The van der Waals surface area contributed by atoms with Gasteiger partial charge in [-0.1, -0.05) is 0 Å². The Morgan fingerprint density at radius 2 is 2.07 bits per heavy atom. The van der Waals surface area contributed by atoms with Crippen LogP contribution in [-0.2, 0) is 6.42 Å². The fourth-order valence-corrected chi connectivity index (χ4v) is 3.64. The van der Waals surface area contributed by atoms with Crippen LogP contribution in [0.2, 0.25) is 0 Å². The summed E-state index contributed by atoms with van der Waals surface area (Å²) in [6.45, 7) is 2.28. The number of aryl methyl sites for hydroxylation is 1. The van der Waals surface area contributed by atoms with Crippen LogP contribution in [-0.4, -0.2) is 23.2 Å². The number of hydrogen-bond donors (Lipinski definition) is 1. The number of fused-ring (bicyclic) bond motifs is 1. The van der Waals surface area contributed by atoms with E-state index < -0.39 is 0 Å². The fraction of sp³-hybridized carbons (Fsp3) is 0.727. The van der Waals surface area contributed by atoms with Gasteiger partial charge in [0.2, 0.25) is 0 Å². The van der Waals surface area contributed by atoms with Crippen LogP contribution in [0.4, 0.5) is 5.13 Å². The first-order valence-corrected chi connectivity index (χ1v) is 6.59. The minimum atomic E-state index is -0.304. The minimum absolute atomic E-state index is 0.304. The third kappa shape index (κ3) is 1.66. The molecule has 0 aromatic carbocycles. The number of aliphatic hydroxyl groups is 1. The van der Waals surface area contributed by atoms with E-state index in [1.165, 1.54) is 17.7 Å². The predicted molar refractivity (Wildman–Crippen MR) is 61.5 cm³/mol. The number of nitrogens with zero attached hydrogens (tertiary/aromatic N) is 2. The highest BCUT2D eigenvalue weighted by Gasteiger charge is 2.25.